The minimum absolute atomic E-state index is 0.00222. The number of esters is 1. The van der Waals surface area contributed by atoms with Crippen LogP contribution in [0.15, 0.2) is 29.5 Å². The van der Waals surface area contributed by atoms with Gasteiger partial charge < -0.3 is 15.0 Å². The summed E-state index contributed by atoms with van der Waals surface area (Å²) >= 11 is 0. The van der Waals surface area contributed by atoms with Gasteiger partial charge in [0.15, 0.2) is 0 Å². The molecule has 0 bridgehead atoms. The van der Waals surface area contributed by atoms with Crippen LogP contribution >= 0.6 is 0 Å². The highest BCUT2D eigenvalue weighted by Crippen LogP contribution is 2.32. The number of ether oxygens (including phenoxy) is 1. The molecule has 1 N–H and O–H groups in total. The van der Waals surface area contributed by atoms with Crippen molar-refractivity contribution in [1.82, 2.24) is 10.2 Å². The first-order valence-electron chi connectivity index (χ1n) is 6.15. The molecule has 0 radical (unpaired) electrons. The summed E-state index contributed by atoms with van der Waals surface area (Å²) in [5, 5.41) is 2.50. The van der Waals surface area contributed by atoms with Crippen LogP contribution < -0.4 is 5.32 Å². The third kappa shape index (κ3) is 2.58. The van der Waals surface area contributed by atoms with Gasteiger partial charge in [-0.05, 0) is 13.0 Å². The van der Waals surface area contributed by atoms with Gasteiger partial charge in [-0.2, -0.15) is 0 Å². The smallest absolute Gasteiger partial charge is 0.337 e. The number of carbonyl (C=O) groups excluding carboxylic acids is 2. The summed E-state index contributed by atoms with van der Waals surface area (Å²) in [6.45, 7) is 1.55. The Morgan fingerprint density at radius 2 is 2.05 bits per heavy atom. The van der Waals surface area contributed by atoms with Crippen LogP contribution in [-0.2, 0) is 9.53 Å². The fourth-order valence-electron chi connectivity index (χ4n) is 2.18. The van der Waals surface area contributed by atoms with Crippen molar-refractivity contribution in [3.8, 4) is 0 Å². The molecule has 0 saturated heterocycles. The van der Waals surface area contributed by atoms with E-state index in [2.05, 4.69) is 10.1 Å². The average molecular weight is 296 g/mol. The van der Waals surface area contributed by atoms with Crippen LogP contribution in [0.5, 0.6) is 0 Å². The number of urea groups is 1. The summed E-state index contributed by atoms with van der Waals surface area (Å²) in [6, 6.07) is 1.43. The number of nitrogens with zero attached hydrogens (tertiary/aromatic N) is 1. The Morgan fingerprint density at radius 1 is 1.38 bits per heavy atom. The van der Waals surface area contributed by atoms with E-state index in [9.17, 15) is 18.4 Å². The van der Waals surface area contributed by atoms with E-state index in [0.29, 0.717) is 11.8 Å². The van der Waals surface area contributed by atoms with E-state index in [1.807, 2.05) is 0 Å². The Balaban J connectivity index is 2.59. The van der Waals surface area contributed by atoms with Crippen LogP contribution in [0.4, 0.5) is 13.6 Å². The summed E-state index contributed by atoms with van der Waals surface area (Å²) in [4.78, 5) is 25.0. The van der Waals surface area contributed by atoms with Gasteiger partial charge in [0.05, 0.1) is 18.7 Å². The molecule has 2 rings (SSSR count). The second-order valence-corrected chi connectivity index (χ2v) is 4.60. The van der Waals surface area contributed by atoms with Crippen molar-refractivity contribution in [1.29, 1.82) is 0 Å². The first-order valence-corrected chi connectivity index (χ1v) is 6.15. The highest BCUT2D eigenvalue weighted by molar-refractivity contribution is 5.94. The molecule has 1 heterocycles. The van der Waals surface area contributed by atoms with Gasteiger partial charge in [0.1, 0.15) is 11.6 Å². The number of hydrogen-bond donors (Lipinski definition) is 1. The van der Waals surface area contributed by atoms with E-state index < -0.39 is 29.7 Å². The second-order valence-electron chi connectivity index (χ2n) is 4.60. The lowest BCUT2D eigenvalue weighted by molar-refractivity contribution is -0.136. The summed E-state index contributed by atoms with van der Waals surface area (Å²) in [5.74, 6) is -2.28. The Labute approximate surface area is 120 Å². The number of rotatable bonds is 2. The number of hydrogen-bond acceptors (Lipinski definition) is 3. The fraction of sp³-hybridized carbons (Fsp3) is 0.286. The van der Waals surface area contributed by atoms with Crippen LogP contribution in [0.3, 0.4) is 0 Å². The lowest BCUT2D eigenvalue weighted by Gasteiger charge is -2.33. The summed E-state index contributed by atoms with van der Waals surface area (Å²) in [5.41, 5.74) is 0.446. The first kappa shape index (κ1) is 15.0. The Kier molecular flexibility index (Phi) is 3.93. The lowest BCUT2D eigenvalue weighted by atomic mass is 9.94. The molecule has 0 aliphatic carbocycles. The van der Waals surface area contributed by atoms with Gasteiger partial charge in [0.2, 0.25) is 0 Å². The molecule has 1 unspecified atom stereocenters. The van der Waals surface area contributed by atoms with Crippen LogP contribution in [0.1, 0.15) is 18.5 Å². The summed E-state index contributed by atoms with van der Waals surface area (Å²) in [6.07, 6.45) is 0. The highest BCUT2D eigenvalue weighted by Gasteiger charge is 2.36. The first-order chi connectivity index (χ1) is 9.86. The molecule has 0 aromatic heterocycles. The number of nitrogens with one attached hydrogen (secondary N) is 1. The van der Waals surface area contributed by atoms with Crippen molar-refractivity contribution < 1.29 is 23.1 Å². The minimum atomic E-state index is -1.03. The molecule has 1 aromatic carbocycles. The lowest BCUT2D eigenvalue weighted by Crippen LogP contribution is -2.46. The van der Waals surface area contributed by atoms with Gasteiger partial charge in [0, 0.05) is 24.4 Å². The molecule has 21 heavy (non-hydrogen) atoms. The molecule has 112 valence electrons. The monoisotopic (exact) mass is 296 g/mol. The standard InChI is InChI=1S/C14H14F2N2O3/c1-7-11(13(19)21-3)12(17-14(20)18(7)2)9-5-4-8(15)6-10(9)16/h4-6,12H,1-3H3,(H,17,20). The van der Waals surface area contributed by atoms with E-state index in [1.54, 1.807) is 6.92 Å². The quantitative estimate of drug-likeness (QED) is 0.850. The largest absolute Gasteiger partial charge is 0.466 e. The zero-order chi connectivity index (χ0) is 15.7. The molecule has 7 heteroatoms. The predicted molar refractivity (Wildman–Crippen MR) is 70.1 cm³/mol. The van der Waals surface area contributed by atoms with E-state index in [1.165, 1.54) is 25.1 Å². The number of allylic oxidation sites excluding steroid dienone is 1. The van der Waals surface area contributed by atoms with Gasteiger partial charge in [-0.25, -0.2) is 18.4 Å². The molecule has 1 aromatic rings. The molecule has 0 fully saturated rings. The number of carbonyl (C=O) groups is 2. The maximum atomic E-state index is 13.9. The molecule has 0 spiro atoms. The normalized spacial score (nSPS) is 18.6. The van der Waals surface area contributed by atoms with Crippen molar-refractivity contribution in [2.45, 2.75) is 13.0 Å². The molecule has 1 aliphatic rings. The number of halogens is 2. The van der Waals surface area contributed by atoms with E-state index in [4.69, 9.17) is 0 Å². The Hall–Kier alpha value is -2.44. The van der Waals surface area contributed by atoms with Crippen molar-refractivity contribution in [3.05, 3.63) is 46.7 Å². The predicted octanol–water partition coefficient (Wildman–Crippen LogP) is 2.11. The van der Waals surface area contributed by atoms with Crippen molar-refractivity contribution in [3.63, 3.8) is 0 Å². The highest BCUT2D eigenvalue weighted by atomic mass is 19.1. The van der Waals surface area contributed by atoms with Gasteiger partial charge in [-0.1, -0.05) is 6.07 Å². The summed E-state index contributed by atoms with van der Waals surface area (Å²) in [7, 11) is 2.67. The molecular formula is C14H14F2N2O3. The maximum absolute atomic E-state index is 13.9. The molecule has 2 amide bonds. The molecule has 5 nitrogen and oxygen atoms in total. The maximum Gasteiger partial charge on any atom is 0.337 e. The average Bonchev–Trinajstić information content (AvgIpc) is 2.44. The number of amides is 2. The van der Waals surface area contributed by atoms with Gasteiger partial charge in [-0.3, -0.25) is 0 Å². The van der Waals surface area contributed by atoms with Crippen molar-refractivity contribution in [2.75, 3.05) is 14.2 Å². The van der Waals surface area contributed by atoms with Crippen molar-refractivity contribution in [2.24, 2.45) is 0 Å². The van der Waals surface area contributed by atoms with Gasteiger partial charge >= 0.3 is 12.0 Å². The topological polar surface area (TPSA) is 58.6 Å². The molecule has 1 atom stereocenters. The number of methoxy groups -OCH3 is 1. The van der Waals surface area contributed by atoms with Crippen LogP contribution in [0, 0.1) is 11.6 Å². The number of benzene rings is 1. The third-order valence-electron chi connectivity index (χ3n) is 3.43. The molecule has 0 saturated carbocycles. The molecular weight excluding hydrogens is 282 g/mol. The minimum Gasteiger partial charge on any atom is -0.466 e. The Morgan fingerprint density at radius 3 is 2.62 bits per heavy atom. The zero-order valence-electron chi connectivity index (χ0n) is 11.7. The van der Waals surface area contributed by atoms with Gasteiger partial charge in [0.25, 0.3) is 0 Å². The van der Waals surface area contributed by atoms with Crippen LogP contribution in [0.25, 0.3) is 0 Å². The third-order valence-corrected chi connectivity index (χ3v) is 3.43. The van der Waals surface area contributed by atoms with E-state index in [-0.39, 0.29) is 11.1 Å². The van der Waals surface area contributed by atoms with Crippen LogP contribution in [0.2, 0.25) is 0 Å². The summed E-state index contributed by atoms with van der Waals surface area (Å²) < 4.78 is 31.6. The Bertz CT molecular complexity index is 643. The zero-order valence-corrected chi connectivity index (χ0v) is 11.7. The van der Waals surface area contributed by atoms with E-state index in [0.717, 1.165) is 6.07 Å². The van der Waals surface area contributed by atoms with Crippen molar-refractivity contribution >= 4 is 12.0 Å². The SMILES string of the molecule is COC(=O)C1=C(C)N(C)C(=O)NC1c1ccc(F)cc1F. The fourth-order valence-corrected chi connectivity index (χ4v) is 2.18. The van der Waals surface area contributed by atoms with E-state index >= 15 is 0 Å². The molecule has 1 aliphatic heterocycles. The van der Waals surface area contributed by atoms with Crippen LogP contribution in [-0.4, -0.2) is 31.1 Å². The van der Waals surface area contributed by atoms with Gasteiger partial charge in [-0.15, -0.1) is 0 Å². The second kappa shape index (κ2) is 5.51.